The van der Waals surface area contributed by atoms with E-state index in [1.807, 2.05) is 0 Å². The molecule has 1 N–H and O–H groups in total. The molecular formula is C18H32N2. The van der Waals surface area contributed by atoms with Gasteiger partial charge >= 0.3 is 0 Å². The van der Waals surface area contributed by atoms with Crippen molar-refractivity contribution in [2.75, 3.05) is 11.9 Å². The fourth-order valence-corrected chi connectivity index (χ4v) is 2.59. The van der Waals surface area contributed by atoms with Gasteiger partial charge in [0.25, 0.3) is 0 Å². The smallest absolute Gasteiger partial charge is 0.0411 e. The molecule has 20 heavy (non-hydrogen) atoms. The van der Waals surface area contributed by atoms with Gasteiger partial charge in [-0.1, -0.05) is 45.4 Å². The average molecular weight is 276 g/mol. The Morgan fingerprint density at radius 1 is 1.10 bits per heavy atom. The number of aryl methyl sites for hydroxylation is 1. The van der Waals surface area contributed by atoms with Gasteiger partial charge in [0.15, 0.2) is 0 Å². The van der Waals surface area contributed by atoms with E-state index in [0.717, 1.165) is 12.5 Å². The second-order valence-corrected chi connectivity index (χ2v) is 6.76. The van der Waals surface area contributed by atoms with E-state index < -0.39 is 0 Å². The highest BCUT2D eigenvalue weighted by Crippen LogP contribution is 2.24. The molecule has 0 amide bonds. The van der Waals surface area contributed by atoms with Crippen molar-refractivity contribution in [3.05, 3.63) is 29.3 Å². The van der Waals surface area contributed by atoms with Crippen LogP contribution < -0.4 is 10.2 Å². The molecule has 0 aromatic heterocycles. The van der Waals surface area contributed by atoms with E-state index in [9.17, 15) is 0 Å². The van der Waals surface area contributed by atoms with Crippen molar-refractivity contribution < 1.29 is 0 Å². The average Bonchev–Trinajstić information content (AvgIpc) is 2.34. The van der Waals surface area contributed by atoms with Crippen molar-refractivity contribution in [3.63, 3.8) is 0 Å². The molecule has 0 bridgehead atoms. The highest BCUT2D eigenvalue weighted by molar-refractivity contribution is 5.55. The zero-order valence-corrected chi connectivity index (χ0v) is 14.3. The maximum Gasteiger partial charge on any atom is 0.0411 e. The summed E-state index contributed by atoms with van der Waals surface area (Å²) in [6, 6.07) is 7.87. The van der Waals surface area contributed by atoms with Gasteiger partial charge in [-0.05, 0) is 37.8 Å². The molecule has 2 heteroatoms. The van der Waals surface area contributed by atoms with Gasteiger partial charge in [0, 0.05) is 31.4 Å². The predicted octanol–water partition coefficient (Wildman–Crippen LogP) is 4.36. The highest BCUT2D eigenvalue weighted by atomic mass is 15.1. The lowest BCUT2D eigenvalue weighted by Gasteiger charge is -2.30. The SMILES string of the molecule is Cc1ccc(N(C)C(C)CC(C)C)c(CNC(C)C)c1. The summed E-state index contributed by atoms with van der Waals surface area (Å²) in [5.74, 6) is 0.732. The van der Waals surface area contributed by atoms with Crippen LogP contribution in [-0.4, -0.2) is 19.1 Å². The number of anilines is 1. The highest BCUT2D eigenvalue weighted by Gasteiger charge is 2.15. The molecule has 1 atom stereocenters. The van der Waals surface area contributed by atoms with E-state index in [-0.39, 0.29) is 0 Å². The Morgan fingerprint density at radius 3 is 2.30 bits per heavy atom. The third-order valence-corrected chi connectivity index (χ3v) is 3.79. The first-order valence-corrected chi connectivity index (χ1v) is 7.87. The van der Waals surface area contributed by atoms with E-state index in [1.54, 1.807) is 0 Å². The molecule has 0 aliphatic heterocycles. The Morgan fingerprint density at radius 2 is 1.75 bits per heavy atom. The maximum atomic E-state index is 3.54. The zero-order valence-electron chi connectivity index (χ0n) is 14.3. The summed E-state index contributed by atoms with van der Waals surface area (Å²) in [5.41, 5.74) is 4.09. The molecular weight excluding hydrogens is 244 g/mol. The molecule has 0 saturated carbocycles. The van der Waals surface area contributed by atoms with Gasteiger partial charge in [-0.25, -0.2) is 0 Å². The van der Waals surface area contributed by atoms with Gasteiger partial charge in [0.05, 0.1) is 0 Å². The van der Waals surface area contributed by atoms with Crippen LogP contribution in [0.3, 0.4) is 0 Å². The number of rotatable bonds is 7. The van der Waals surface area contributed by atoms with Crippen molar-refractivity contribution in [2.24, 2.45) is 5.92 Å². The fourth-order valence-electron chi connectivity index (χ4n) is 2.59. The maximum absolute atomic E-state index is 3.54. The topological polar surface area (TPSA) is 15.3 Å². The van der Waals surface area contributed by atoms with Crippen molar-refractivity contribution in [1.82, 2.24) is 5.32 Å². The van der Waals surface area contributed by atoms with Crippen LogP contribution in [0.1, 0.15) is 52.2 Å². The van der Waals surface area contributed by atoms with Crippen LogP contribution >= 0.6 is 0 Å². The van der Waals surface area contributed by atoms with Gasteiger partial charge in [-0.3, -0.25) is 0 Å². The van der Waals surface area contributed by atoms with Crippen LogP contribution in [-0.2, 0) is 6.54 Å². The Hall–Kier alpha value is -1.02. The number of nitrogens with zero attached hydrogens (tertiary/aromatic N) is 1. The first-order chi connectivity index (χ1) is 9.31. The van der Waals surface area contributed by atoms with Gasteiger partial charge < -0.3 is 10.2 Å². The fraction of sp³-hybridized carbons (Fsp3) is 0.667. The normalized spacial score (nSPS) is 13.1. The minimum atomic E-state index is 0.516. The molecule has 1 unspecified atom stereocenters. The Balaban J connectivity index is 2.91. The third-order valence-electron chi connectivity index (χ3n) is 3.79. The van der Waals surface area contributed by atoms with E-state index in [4.69, 9.17) is 0 Å². The van der Waals surface area contributed by atoms with E-state index in [0.29, 0.717) is 12.1 Å². The lowest BCUT2D eigenvalue weighted by Crippen LogP contribution is -2.32. The van der Waals surface area contributed by atoms with Crippen LogP contribution in [0.15, 0.2) is 18.2 Å². The summed E-state index contributed by atoms with van der Waals surface area (Å²) in [6.45, 7) is 14.4. The largest absolute Gasteiger partial charge is 0.372 e. The summed E-state index contributed by atoms with van der Waals surface area (Å²) in [7, 11) is 2.22. The predicted molar refractivity (Wildman–Crippen MR) is 90.5 cm³/mol. The van der Waals surface area contributed by atoms with Crippen molar-refractivity contribution in [2.45, 2.75) is 66.6 Å². The Labute approximate surface area is 125 Å². The van der Waals surface area contributed by atoms with Crippen LogP contribution in [0.25, 0.3) is 0 Å². The number of benzene rings is 1. The minimum absolute atomic E-state index is 0.516. The zero-order chi connectivity index (χ0) is 15.3. The molecule has 2 nitrogen and oxygen atoms in total. The monoisotopic (exact) mass is 276 g/mol. The summed E-state index contributed by atoms with van der Waals surface area (Å²) in [5, 5.41) is 3.54. The molecule has 0 saturated heterocycles. The molecule has 0 radical (unpaired) electrons. The standard InChI is InChI=1S/C18H32N2/c1-13(2)10-16(6)20(7)18-9-8-15(5)11-17(18)12-19-14(3)4/h8-9,11,13-14,16,19H,10,12H2,1-7H3. The second-order valence-electron chi connectivity index (χ2n) is 6.76. The molecule has 1 rings (SSSR count). The lowest BCUT2D eigenvalue weighted by atomic mass is 10.0. The summed E-state index contributed by atoms with van der Waals surface area (Å²) in [6.07, 6.45) is 1.22. The summed E-state index contributed by atoms with van der Waals surface area (Å²) in [4.78, 5) is 2.43. The second kappa shape index (κ2) is 7.68. The van der Waals surface area contributed by atoms with E-state index >= 15 is 0 Å². The lowest BCUT2D eigenvalue weighted by molar-refractivity contribution is 0.502. The minimum Gasteiger partial charge on any atom is -0.372 e. The van der Waals surface area contributed by atoms with Gasteiger partial charge in [-0.2, -0.15) is 0 Å². The Kier molecular flexibility index (Phi) is 6.54. The molecule has 1 aromatic carbocycles. The van der Waals surface area contributed by atoms with Gasteiger partial charge in [0.2, 0.25) is 0 Å². The molecule has 114 valence electrons. The first kappa shape index (κ1) is 17.0. The van der Waals surface area contributed by atoms with Crippen LogP contribution in [0.2, 0.25) is 0 Å². The molecule has 0 aliphatic rings. The van der Waals surface area contributed by atoms with Crippen LogP contribution in [0, 0.1) is 12.8 Å². The summed E-state index contributed by atoms with van der Waals surface area (Å²) >= 11 is 0. The van der Waals surface area contributed by atoms with Crippen molar-refractivity contribution in [3.8, 4) is 0 Å². The van der Waals surface area contributed by atoms with Crippen molar-refractivity contribution in [1.29, 1.82) is 0 Å². The first-order valence-electron chi connectivity index (χ1n) is 7.87. The molecule has 0 spiro atoms. The van der Waals surface area contributed by atoms with Gasteiger partial charge in [0.1, 0.15) is 0 Å². The number of hydrogen-bond acceptors (Lipinski definition) is 2. The third kappa shape index (κ3) is 5.16. The van der Waals surface area contributed by atoms with Crippen LogP contribution in [0.5, 0.6) is 0 Å². The Bertz CT molecular complexity index is 410. The molecule has 0 aliphatic carbocycles. The van der Waals surface area contributed by atoms with Gasteiger partial charge in [-0.15, -0.1) is 0 Å². The summed E-state index contributed by atoms with van der Waals surface area (Å²) < 4.78 is 0. The van der Waals surface area contributed by atoms with E-state index in [1.165, 1.54) is 23.2 Å². The van der Waals surface area contributed by atoms with Crippen LogP contribution in [0.4, 0.5) is 5.69 Å². The number of hydrogen-bond donors (Lipinski definition) is 1. The molecule has 0 fully saturated rings. The molecule has 0 heterocycles. The number of nitrogens with one attached hydrogen (secondary N) is 1. The van der Waals surface area contributed by atoms with E-state index in [2.05, 4.69) is 77.0 Å². The quantitative estimate of drug-likeness (QED) is 0.796. The van der Waals surface area contributed by atoms with Crippen molar-refractivity contribution >= 4 is 5.69 Å². The molecule has 1 aromatic rings.